The summed E-state index contributed by atoms with van der Waals surface area (Å²) in [6.45, 7) is 3.27. The Morgan fingerprint density at radius 2 is 2.42 bits per heavy atom. The van der Waals surface area contributed by atoms with Gasteiger partial charge >= 0.3 is 0 Å². The SMILES string of the molecule is O=C(NCc1cn2ccsc2n1)c1cn(C[C@@H]2CCCNC2)nn1. The fourth-order valence-corrected chi connectivity index (χ4v) is 3.68. The molecule has 126 valence electrons. The molecular weight excluding hydrogens is 326 g/mol. The largest absolute Gasteiger partial charge is 0.345 e. The maximum absolute atomic E-state index is 12.2. The molecule has 1 atom stereocenters. The molecule has 1 amide bonds. The van der Waals surface area contributed by atoms with Gasteiger partial charge in [0.2, 0.25) is 0 Å². The van der Waals surface area contributed by atoms with E-state index in [1.54, 1.807) is 22.2 Å². The van der Waals surface area contributed by atoms with Crippen LogP contribution in [0.5, 0.6) is 0 Å². The van der Waals surface area contributed by atoms with Crippen molar-refractivity contribution in [2.45, 2.75) is 25.9 Å². The fourth-order valence-electron chi connectivity index (χ4n) is 2.96. The van der Waals surface area contributed by atoms with Crippen LogP contribution >= 0.6 is 11.3 Å². The van der Waals surface area contributed by atoms with Gasteiger partial charge in [0.05, 0.1) is 18.4 Å². The van der Waals surface area contributed by atoms with Gasteiger partial charge in [0, 0.05) is 24.3 Å². The molecule has 24 heavy (non-hydrogen) atoms. The third kappa shape index (κ3) is 3.31. The van der Waals surface area contributed by atoms with Gasteiger partial charge in [-0.05, 0) is 31.8 Å². The molecule has 4 heterocycles. The van der Waals surface area contributed by atoms with Crippen LogP contribution in [0.1, 0.15) is 29.0 Å². The lowest BCUT2D eigenvalue weighted by atomic mass is 10.00. The van der Waals surface area contributed by atoms with Crippen LogP contribution < -0.4 is 10.6 Å². The van der Waals surface area contributed by atoms with Crippen molar-refractivity contribution in [3.05, 3.63) is 35.4 Å². The Kier molecular flexibility index (Phi) is 4.26. The summed E-state index contributed by atoms with van der Waals surface area (Å²) in [4.78, 5) is 17.6. The van der Waals surface area contributed by atoms with E-state index in [1.165, 1.54) is 12.8 Å². The molecule has 0 bridgehead atoms. The number of hydrogen-bond acceptors (Lipinski definition) is 6. The second-order valence-electron chi connectivity index (χ2n) is 6.05. The van der Waals surface area contributed by atoms with Crippen LogP contribution in [0.2, 0.25) is 0 Å². The third-order valence-electron chi connectivity index (χ3n) is 4.19. The number of nitrogens with one attached hydrogen (secondary N) is 2. The van der Waals surface area contributed by atoms with E-state index >= 15 is 0 Å². The Hall–Kier alpha value is -2.26. The number of nitrogens with zero attached hydrogens (tertiary/aromatic N) is 5. The molecule has 3 aromatic heterocycles. The first-order chi connectivity index (χ1) is 11.8. The monoisotopic (exact) mass is 345 g/mol. The molecular formula is C15H19N7OS. The maximum Gasteiger partial charge on any atom is 0.273 e. The topological polar surface area (TPSA) is 89.1 Å². The predicted molar refractivity (Wildman–Crippen MR) is 89.9 cm³/mol. The van der Waals surface area contributed by atoms with Crippen molar-refractivity contribution < 1.29 is 4.79 Å². The lowest BCUT2D eigenvalue weighted by Crippen LogP contribution is -2.32. The highest BCUT2D eigenvalue weighted by Crippen LogP contribution is 2.13. The summed E-state index contributed by atoms with van der Waals surface area (Å²) < 4.78 is 3.71. The number of rotatable bonds is 5. The van der Waals surface area contributed by atoms with Crippen LogP contribution in [0.3, 0.4) is 0 Å². The number of thiazole rings is 1. The van der Waals surface area contributed by atoms with Crippen LogP contribution in [-0.2, 0) is 13.1 Å². The Labute approximate surface area is 142 Å². The summed E-state index contributed by atoms with van der Waals surface area (Å²) in [5, 5.41) is 16.3. The van der Waals surface area contributed by atoms with E-state index in [4.69, 9.17) is 0 Å². The van der Waals surface area contributed by atoms with E-state index < -0.39 is 0 Å². The van der Waals surface area contributed by atoms with Crippen molar-refractivity contribution in [3.63, 3.8) is 0 Å². The van der Waals surface area contributed by atoms with E-state index in [-0.39, 0.29) is 5.91 Å². The van der Waals surface area contributed by atoms with Gasteiger partial charge in [0.1, 0.15) is 0 Å². The molecule has 1 aliphatic heterocycles. The molecule has 1 fully saturated rings. The van der Waals surface area contributed by atoms with E-state index in [0.717, 1.165) is 30.3 Å². The lowest BCUT2D eigenvalue weighted by molar-refractivity contribution is 0.0945. The molecule has 2 N–H and O–H groups in total. The minimum absolute atomic E-state index is 0.223. The summed E-state index contributed by atoms with van der Waals surface area (Å²) in [7, 11) is 0. The number of amides is 1. The predicted octanol–water partition coefficient (Wildman–Crippen LogP) is 0.917. The molecule has 0 aromatic carbocycles. The van der Waals surface area contributed by atoms with Crippen LogP contribution in [-0.4, -0.2) is 43.4 Å². The first-order valence-electron chi connectivity index (χ1n) is 8.08. The zero-order valence-corrected chi connectivity index (χ0v) is 14.0. The lowest BCUT2D eigenvalue weighted by Gasteiger charge is -2.22. The van der Waals surface area contributed by atoms with Gasteiger partial charge < -0.3 is 10.6 Å². The maximum atomic E-state index is 12.2. The normalized spacial score (nSPS) is 18.1. The molecule has 8 nitrogen and oxygen atoms in total. The Bertz CT molecular complexity index is 801. The summed E-state index contributed by atoms with van der Waals surface area (Å²) >= 11 is 1.57. The molecule has 3 aromatic rings. The first kappa shape index (κ1) is 15.3. The van der Waals surface area contributed by atoms with Gasteiger partial charge in [-0.3, -0.25) is 13.9 Å². The fraction of sp³-hybridized carbons (Fsp3) is 0.467. The Balaban J connectivity index is 1.33. The van der Waals surface area contributed by atoms with Gasteiger partial charge in [-0.15, -0.1) is 16.4 Å². The number of carbonyl (C=O) groups is 1. The first-order valence-corrected chi connectivity index (χ1v) is 8.96. The highest BCUT2D eigenvalue weighted by atomic mass is 32.1. The molecule has 0 unspecified atom stereocenters. The van der Waals surface area contributed by atoms with Crippen LogP contribution in [0, 0.1) is 5.92 Å². The number of aromatic nitrogens is 5. The average Bonchev–Trinajstić information content (AvgIpc) is 3.29. The zero-order valence-electron chi connectivity index (χ0n) is 13.2. The van der Waals surface area contributed by atoms with Crippen molar-refractivity contribution in [2.75, 3.05) is 13.1 Å². The third-order valence-corrected chi connectivity index (χ3v) is 4.96. The van der Waals surface area contributed by atoms with Crippen molar-refractivity contribution in [1.29, 1.82) is 0 Å². The van der Waals surface area contributed by atoms with Gasteiger partial charge in [0.15, 0.2) is 10.7 Å². The quantitative estimate of drug-likeness (QED) is 0.718. The van der Waals surface area contributed by atoms with Crippen molar-refractivity contribution >= 4 is 22.2 Å². The minimum atomic E-state index is -0.223. The van der Waals surface area contributed by atoms with Crippen molar-refractivity contribution in [1.82, 2.24) is 35.0 Å². The van der Waals surface area contributed by atoms with E-state index in [0.29, 0.717) is 18.2 Å². The Morgan fingerprint density at radius 3 is 3.25 bits per heavy atom. The molecule has 1 aliphatic rings. The van der Waals surface area contributed by atoms with Gasteiger partial charge in [-0.1, -0.05) is 5.21 Å². The Morgan fingerprint density at radius 1 is 1.46 bits per heavy atom. The standard InChI is InChI=1S/C15H19N7OS/c23-14(17-7-12-9-21-4-5-24-15(21)18-12)13-10-22(20-19-13)8-11-2-1-3-16-6-11/h4-5,9-11,16H,1-3,6-8H2,(H,17,23)/t11-/m1/s1. The number of piperidine rings is 1. The summed E-state index contributed by atoms with van der Waals surface area (Å²) in [6.07, 6.45) is 7.96. The average molecular weight is 345 g/mol. The van der Waals surface area contributed by atoms with Crippen molar-refractivity contribution in [2.24, 2.45) is 5.92 Å². The number of fused-ring (bicyclic) bond motifs is 1. The number of carbonyl (C=O) groups excluding carboxylic acids is 1. The minimum Gasteiger partial charge on any atom is -0.345 e. The van der Waals surface area contributed by atoms with E-state index in [9.17, 15) is 4.79 Å². The molecule has 0 spiro atoms. The van der Waals surface area contributed by atoms with Gasteiger partial charge in [-0.25, -0.2) is 4.98 Å². The number of imidazole rings is 1. The number of hydrogen-bond donors (Lipinski definition) is 2. The molecule has 1 saturated heterocycles. The molecule has 4 rings (SSSR count). The summed E-state index contributed by atoms with van der Waals surface area (Å²) in [5.74, 6) is 0.328. The van der Waals surface area contributed by atoms with Gasteiger partial charge in [-0.2, -0.15) is 0 Å². The zero-order chi connectivity index (χ0) is 16.4. The van der Waals surface area contributed by atoms with E-state index in [1.807, 2.05) is 22.2 Å². The molecule has 0 aliphatic carbocycles. The van der Waals surface area contributed by atoms with Crippen LogP contribution in [0.4, 0.5) is 0 Å². The smallest absolute Gasteiger partial charge is 0.273 e. The summed E-state index contributed by atoms with van der Waals surface area (Å²) in [6, 6.07) is 0. The second-order valence-corrected chi connectivity index (χ2v) is 6.92. The van der Waals surface area contributed by atoms with Crippen LogP contribution in [0.25, 0.3) is 4.96 Å². The molecule has 9 heteroatoms. The molecule has 0 radical (unpaired) electrons. The van der Waals surface area contributed by atoms with Crippen LogP contribution in [0.15, 0.2) is 24.0 Å². The highest BCUT2D eigenvalue weighted by molar-refractivity contribution is 7.15. The van der Waals surface area contributed by atoms with E-state index in [2.05, 4.69) is 25.9 Å². The summed E-state index contributed by atoms with van der Waals surface area (Å²) in [5.41, 5.74) is 1.18. The highest BCUT2D eigenvalue weighted by Gasteiger charge is 2.16. The van der Waals surface area contributed by atoms with Crippen molar-refractivity contribution in [3.8, 4) is 0 Å². The van der Waals surface area contributed by atoms with Gasteiger partial charge in [0.25, 0.3) is 5.91 Å². The second kappa shape index (κ2) is 6.70. The molecule has 0 saturated carbocycles.